The molecule has 0 atom stereocenters. The van der Waals surface area contributed by atoms with Crippen molar-refractivity contribution in [1.82, 2.24) is 19.8 Å². The van der Waals surface area contributed by atoms with Gasteiger partial charge in [-0.2, -0.15) is 9.36 Å². The van der Waals surface area contributed by atoms with E-state index in [4.69, 9.17) is 21.1 Å². The van der Waals surface area contributed by atoms with E-state index < -0.39 is 11.5 Å². The molecule has 3 rings (SSSR count). The highest BCUT2D eigenvalue weighted by Gasteiger charge is 2.17. The Hall–Kier alpha value is -2.87. The van der Waals surface area contributed by atoms with Gasteiger partial charge in [0.25, 0.3) is 0 Å². The molecule has 1 aromatic heterocycles. The Kier molecular flexibility index (Phi) is 5.46. The molecular weight excluding hydrogens is 375 g/mol. The number of hydrogen-bond acceptors (Lipinski definition) is 5. The Morgan fingerprint density at radius 1 is 1.19 bits per heavy atom. The second-order valence-electron chi connectivity index (χ2n) is 6.08. The van der Waals surface area contributed by atoms with Crippen molar-refractivity contribution in [1.29, 1.82) is 0 Å². The first kappa shape index (κ1) is 18.9. The van der Waals surface area contributed by atoms with Gasteiger partial charge in [0.15, 0.2) is 0 Å². The highest BCUT2D eigenvalue weighted by atomic mass is 35.5. The van der Waals surface area contributed by atoms with Gasteiger partial charge in [-0.3, -0.25) is 0 Å². The Morgan fingerprint density at radius 3 is 2.63 bits per heavy atom. The van der Waals surface area contributed by atoms with Crippen LogP contribution in [-0.4, -0.2) is 25.9 Å². The van der Waals surface area contributed by atoms with Crippen molar-refractivity contribution in [2.45, 2.75) is 26.6 Å². The maximum atomic E-state index is 13.5. The lowest BCUT2D eigenvalue weighted by Gasteiger charge is -2.18. The maximum Gasteiger partial charge on any atom is 0.368 e. The van der Waals surface area contributed by atoms with Crippen LogP contribution in [0.1, 0.15) is 19.4 Å². The topological polar surface area (TPSA) is 71.2 Å². The second-order valence-corrected chi connectivity index (χ2v) is 6.49. The van der Waals surface area contributed by atoms with Crippen LogP contribution >= 0.6 is 11.6 Å². The summed E-state index contributed by atoms with van der Waals surface area (Å²) in [5, 5.41) is 7.88. The van der Waals surface area contributed by atoms with Crippen molar-refractivity contribution in [2.75, 3.05) is 0 Å². The average molecular weight is 393 g/mol. The molecule has 2 aromatic carbocycles. The van der Waals surface area contributed by atoms with E-state index in [0.717, 1.165) is 9.36 Å². The monoisotopic (exact) mass is 392 g/mol. The third kappa shape index (κ3) is 4.11. The fourth-order valence-electron chi connectivity index (χ4n) is 2.46. The Labute approximate surface area is 159 Å². The quantitative estimate of drug-likeness (QED) is 0.644. The predicted octanol–water partition coefficient (Wildman–Crippen LogP) is 3.12. The van der Waals surface area contributed by atoms with Gasteiger partial charge >= 0.3 is 5.69 Å². The van der Waals surface area contributed by atoms with Crippen LogP contribution in [0.5, 0.6) is 11.5 Å². The first-order valence-corrected chi connectivity index (χ1v) is 8.60. The Bertz CT molecular complexity index is 1020. The van der Waals surface area contributed by atoms with Gasteiger partial charge in [-0.15, -0.1) is 0 Å². The van der Waals surface area contributed by atoms with Crippen LogP contribution in [0.15, 0.2) is 41.2 Å². The number of hydrogen-bond donors (Lipinski definition) is 0. The van der Waals surface area contributed by atoms with Gasteiger partial charge < -0.3 is 9.47 Å². The Balaban J connectivity index is 2.04. The minimum atomic E-state index is -0.466. The summed E-state index contributed by atoms with van der Waals surface area (Å²) in [5.74, 6) is 0.243. The molecular formula is C18H18ClFN4O3. The molecule has 0 aliphatic heterocycles. The summed E-state index contributed by atoms with van der Waals surface area (Å²) >= 11 is 6.07. The van der Waals surface area contributed by atoms with E-state index in [0.29, 0.717) is 17.0 Å². The number of nitrogens with zero attached hydrogens (tertiary/aromatic N) is 4. The number of aryl methyl sites for hydroxylation is 1. The van der Waals surface area contributed by atoms with E-state index in [2.05, 4.69) is 10.4 Å². The van der Waals surface area contributed by atoms with Gasteiger partial charge in [-0.05, 0) is 48.5 Å². The van der Waals surface area contributed by atoms with Gasteiger partial charge in [-0.25, -0.2) is 9.18 Å². The Morgan fingerprint density at radius 2 is 1.96 bits per heavy atom. The first-order valence-electron chi connectivity index (χ1n) is 8.22. The lowest BCUT2D eigenvalue weighted by atomic mass is 10.1. The fourth-order valence-corrected chi connectivity index (χ4v) is 2.64. The zero-order valence-corrected chi connectivity index (χ0v) is 15.8. The highest BCUT2D eigenvalue weighted by Crippen LogP contribution is 2.30. The van der Waals surface area contributed by atoms with Crippen molar-refractivity contribution in [3.63, 3.8) is 0 Å². The van der Waals surface area contributed by atoms with E-state index >= 15 is 0 Å². The summed E-state index contributed by atoms with van der Waals surface area (Å²) in [6, 6.07) is 9.06. The van der Waals surface area contributed by atoms with Crippen LogP contribution in [0, 0.1) is 5.82 Å². The molecule has 7 nitrogen and oxygen atoms in total. The molecule has 0 unspecified atom stereocenters. The van der Waals surface area contributed by atoms with Crippen molar-refractivity contribution in [3.05, 3.63) is 63.3 Å². The van der Waals surface area contributed by atoms with Crippen LogP contribution in [0.25, 0.3) is 5.69 Å². The molecule has 0 N–H and O–H groups in total. The molecule has 0 saturated heterocycles. The van der Waals surface area contributed by atoms with Crippen molar-refractivity contribution >= 4 is 11.6 Å². The van der Waals surface area contributed by atoms with Crippen LogP contribution in [0.3, 0.4) is 0 Å². The molecule has 0 fully saturated rings. The number of aromatic nitrogens is 4. The van der Waals surface area contributed by atoms with Crippen LogP contribution in [0.4, 0.5) is 4.39 Å². The molecule has 9 heteroatoms. The number of halogens is 2. The van der Waals surface area contributed by atoms with Crippen LogP contribution in [-0.2, 0) is 13.7 Å². The molecule has 142 valence electrons. The van der Waals surface area contributed by atoms with Gasteiger partial charge in [0.2, 0.25) is 0 Å². The van der Waals surface area contributed by atoms with Gasteiger partial charge in [0.05, 0.1) is 22.4 Å². The zero-order valence-electron chi connectivity index (χ0n) is 15.0. The summed E-state index contributed by atoms with van der Waals surface area (Å²) in [7, 11) is 1.50. The average Bonchev–Trinajstić information content (AvgIpc) is 2.95. The summed E-state index contributed by atoms with van der Waals surface area (Å²) in [6.45, 7) is 3.76. The zero-order chi connectivity index (χ0) is 19.6. The summed E-state index contributed by atoms with van der Waals surface area (Å²) in [6.07, 6.45) is -0.102. The number of tetrazole rings is 1. The minimum Gasteiger partial charge on any atom is -0.491 e. The van der Waals surface area contributed by atoms with Crippen LogP contribution < -0.4 is 15.2 Å². The molecule has 0 aliphatic carbocycles. The molecule has 0 amide bonds. The van der Waals surface area contributed by atoms with E-state index in [1.165, 1.54) is 25.2 Å². The standard InChI is InChI=1S/C18H18ClFN4O3/c1-11(2)27-16-6-4-5-15(24-18(25)23(3)21-22-24)13(16)10-26-17-9-12(20)7-8-14(17)19/h4-9,11H,10H2,1-3H3. The van der Waals surface area contributed by atoms with E-state index in [9.17, 15) is 9.18 Å². The summed E-state index contributed by atoms with van der Waals surface area (Å²) in [4.78, 5) is 12.3. The third-order valence-corrected chi connectivity index (χ3v) is 4.00. The van der Waals surface area contributed by atoms with E-state index in [1.807, 2.05) is 13.8 Å². The summed E-state index contributed by atoms with van der Waals surface area (Å²) in [5.41, 5.74) is 0.606. The van der Waals surface area contributed by atoms with Crippen molar-refractivity contribution in [3.8, 4) is 17.2 Å². The molecule has 27 heavy (non-hydrogen) atoms. The third-order valence-electron chi connectivity index (χ3n) is 3.69. The summed E-state index contributed by atoms with van der Waals surface area (Å²) < 4.78 is 27.3. The molecule has 0 bridgehead atoms. The molecule has 0 spiro atoms. The van der Waals surface area contributed by atoms with Gasteiger partial charge in [-0.1, -0.05) is 17.7 Å². The smallest absolute Gasteiger partial charge is 0.368 e. The number of ether oxygens (including phenoxy) is 2. The largest absolute Gasteiger partial charge is 0.491 e. The van der Waals surface area contributed by atoms with Crippen molar-refractivity contribution < 1.29 is 13.9 Å². The lowest BCUT2D eigenvalue weighted by molar-refractivity contribution is 0.230. The minimum absolute atomic E-state index is 0.00951. The molecule has 0 aliphatic rings. The van der Waals surface area contributed by atoms with Gasteiger partial charge in [0, 0.05) is 13.1 Å². The number of benzene rings is 2. The van der Waals surface area contributed by atoms with E-state index in [-0.39, 0.29) is 23.5 Å². The van der Waals surface area contributed by atoms with Crippen LogP contribution in [0.2, 0.25) is 5.02 Å². The fraction of sp³-hybridized carbons (Fsp3) is 0.278. The second kappa shape index (κ2) is 7.79. The highest BCUT2D eigenvalue weighted by molar-refractivity contribution is 6.32. The van der Waals surface area contributed by atoms with E-state index in [1.54, 1.807) is 18.2 Å². The molecule has 0 radical (unpaired) electrons. The molecule has 0 saturated carbocycles. The number of rotatable bonds is 6. The van der Waals surface area contributed by atoms with Crippen molar-refractivity contribution in [2.24, 2.45) is 7.05 Å². The maximum absolute atomic E-state index is 13.5. The first-order chi connectivity index (χ1) is 12.9. The lowest BCUT2D eigenvalue weighted by Crippen LogP contribution is -2.23. The normalized spacial score (nSPS) is 11.0. The van der Waals surface area contributed by atoms with Gasteiger partial charge in [0.1, 0.15) is 23.9 Å². The predicted molar refractivity (Wildman–Crippen MR) is 98.1 cm³/mol. The molecule has 3 aromatic rings. The SMILES string of the molecule is CC(C)Oc1cccc(-n2nnn(C)c2=O)c1COc1cc(F)ccc1Cl. The molecule has 1 heterocycles.